The van der Waals surface area contributed by atoms with E-state index in [2.05, 4.69) is 17.6 Å². The van der Waals surface area contributed by atoms with Gasteiger partial charge in [0, 0.05) is 23.5 Å². The molecule has 0 aromatic heterocycles. The number of anilines is 2. The van der Waals surface area contributed by atoms with Crippen molar-refractivity contribution in [2.45, 2.75) is 20.3 Å². The van der Waals surface area contributed by atoms with E-state index in [4.69, 9.17) is 14.2 Å². The smallest absolute Gasteiger partial charge is 0.243 e. The van der Waals surface area contributed by atoms with Crippen molar-refractivity contribution in [1.29, 1.82) is 0 Å². The predicted molar refractivity (Wildman–Crippen MR) is 104 cm³/mol. The summed E-state index contributed by atoms with van der Waals surface area (Å²) in [5, 5.41) is 6.09. The SMILES string of the molecule is CCc1cccc(C)c1NC(=O)CNc1cc(OC)c(OC)c(OC)c1. The molecule has 0 heterocycles. The Labute approximate surface area is 154 Å². The van der Waals surface area contributed by atoms with Crippen LogP contribution in [0.4, 0.5) is 11.4 Å². The van der Waals surface area contributed by atoms with Gasteiger partial charge in [0.05, 0.1) is 27.9 Å². The van der Waals surface area contributed by atoms with Crippen molar-refractivity contribution in [1.82, 2.24) is 0 Å². The molecule has 140 valence electrons. The first kappa shape index (κ1) is 19.4. The molecule has 2 N–H and O–H groups in total. The van der Waals surface area contributed by atoms with Crippen LogP contribution in [0, 0.1) is 6.92 Å². The van der Waals surface area contributed by atoms with Crippen LogP contribution in [0.15, 0.2) is 30.3 Å². The maximum Gasteiger partial charge on any atom is 0.243 e. The van der Waals surface area contributed by atoms with E-state index in [9.17, 15) is 4.79 Å². The number of hydrogen-bond acceptors (Lipinski definition) is 5. The first-order chi connectivity index (χ1) is 12.5. The van der Waals surface area contributed by atoms with E-state index in [0.29, 0.717) is 22.9 Å². The van der Waals surface area contributed by atoms with Crippen LogP contribution < -0.4 is 24.8 Å². The number of carbonyl (C=O) groups excluding carboxylic acids is 1. The lowest BCUT2D eigenvalue weighted by Crippen LogP contribution is -2.23. The van der Waals surface area contributed by atoms with Crippen LogP contribution >= 0.6 is 0 Å². The highest BCUT2D eigenvalue weighted by molar-refractivity contribution is 5.95. The van der Waals surface area contributed by atoms with E-state index in [1.807, 2.05) is 25.1 Å². The molecular weight excluding hydrogens is 332 g/mol. The van der Waals surface area contributed by atoms with E-state index >= 15 is 0 Å². The van der Waals surface area contributed by atoms with Gasteiger partial charge in [-0.25, -0.2) is 0 Å². The summed E-state index contributed by atoms with van der Waals surface area (Å²) >= 11 is 0. The molecule has 0 bridgehead atoms. The summed E-state index contributed by atoms with van der Waals surface area (Å²) in [4.78, 5) is 12.4. The first-order valence-electron chi connectivity index (χ1n) is 8.46. The minimum Gasteiger partial charge on any atom is -0.493 e. The van der Waals surface area contributed by atoms with Gasteiger partial charge in [0.25, 0.3) is 0 Å². The third kappa shape index (κ3) is 4.39. The molecule has 0 aliphatic rings. The predicted octanol–water partition coefficient (Wildman–Crippen LogP) is 3.63. The van der Waals surface area contributed by atoms with Gasteiger partial charge in [0.2, 0.25) is 11.7 Å². The summed E-state index contributed by atoms with van der Waals surface area (Å²) in [6.07, 6.45) is 0.859. The molecule has 6 nitrogen and oxygen atoms in total. The summed E-state index contributed by atoms with van der Waals surface area (Å²) in [5.74, 6) is 1.45. The Bertz CT molecular complexity index is 749. The molecule has 0 saturated carbocycles. The van der Waals surface area contributed by atoms with E-state index in [0.717, 1.165) is 23.2 Å². The number of aryl methyl sites for hydroxylation is 2. The molecular formula is C20H26N2O4. The number of amides is 1. The Balaban J connectivity index is 2.10. The zero-order chi connectivity index (χ0) is 19.1. The van der Waals surface area contributed by atoms with Crippen molar-refractivity contribution < 1.29 is 19.0 Å². The number of benzene rings is 2. The second-order valence-corrected chi connectivity index (χ2v) is 5.78. The van der Waals surface area contributed by atoms with E-state index < -0.39 is 0 Å². The number of methoxy groups -OCH3 is 3. The molecule has 0 atom stereocenters. The van der Waals surface area contributed by atoms with Gasteiger partial charge in [-0.15, -0.1) is 0 Å². The van der Waals surface area contributed by atoms with Crippen LogP contribution in [0.25, 0.3) is 0 Å². The lowest BCUT2D eigenvalue weighted by Gasteiger charge is -2.16. The number of hydrogen-bond donors (Lipinski definition) is 2. The van der Waals surface area contributed by atoms with Gasteiger partial charge in [-0.05, 0) is 24.5 Å². The summed E-state index contributed by atoms with van der Waals surface area (Å²) in [6.45, 7) is 4.18. The van der Waals surface area contributed by atoms with Crippen molar-refractivity contribution in [3.63, 3.8) is 0 Å². The van der Waals surface area contributed by atoms with Crippen LogP contribution in [-0.4, -0.2) is 33.8 Å². The molecule has 0 radical (unpaired) electrons. The number of carbonyl (C=O) groups is 1. The zero-order valence-corrected chi connectivity index (χ0v) is 15.9. The molecule has 2 rings (SSSR count). The molecule has 0 unspecified atom stereocenters. The van der Waals surface area contributed by atoms with E-state index in [-0.39, 0.29) is 12.5 Å². The zero-order valence-electron chi connectivity index (χ0n) is 15.9. The summed E-state index contributed by atoms with van der Waals surface area (Å²) < 4.78 is 15.9. The number of ether oxygens (including phenoxy) is 3. The standard InChI is InChI=1S/C20H26N2O4/c1-6-14-9-7-8-13(2)19(14)22-18(23)12-21-15-10-16(24-3)20(26-5)17(11-15)25-4/h7-11,21H,6,12H2,1-5H3,(H,22,23). The van der Waals surface area contributed by atoms with Crippen molar-refractivity contribution >= 4 is 17.3 Å². The van der Waals surface area contributed by atoms with Crippen LogP contribution in [0.3, 0.4) is 0 Å². The maximum absolute atomic E-state index is 12.4. The quantitative estimate of drug-likeness (QED) is 0.754. The van der Waals surface area contributed by atoms with E-state index in [1.165, 1.54) is 0 Å². The van der Waals surface area contributed by atoms with Gasteiger partial charge in [-0.3, -0.25) is 4.79 Å². The minimum atomic E-state index is -0.122. The fraction of sp³-hybridized carbons (Fsp3) is 0.350. The second-order valence-electron chi connectivity index (χ2n) is 5.78. The molecule has 6 heteroatoms. The van der Waals surface area contributed by atoms with Crippen molar-refractivity contribution in [2.24, 2.45) is 0 Å². The van der Waals surface area contributed by atoms with Gasteiger partial charge in [0.1, 0.15) is 0 Å². The third-order valence-corrected chi connectivity index (χ3v) is 4.12. The van der Waals surface area contributed by atoms with Crippen molar-refractivity contribution in [3.05, 3.63) is 41.5 Å². The molecule has 26 heavy (non-hydrogen) atoms. The fourth-order valence-electron chi connectivity index (χ4n) is 2.75. The fourth-order valence-corrected chi connectivity index (χ4v) is 2.75. The molecule has 0 spiro atoms. The Hall–Kier alpha value is -2.89. The lowest BCUT2D eigenvalue weighted by atomic mass is 10.1. The molecule has 0 fully saturated rings. The molecule has 0 aliphatic carbocycles. The lowest BCUT2D eigenvalue weighted by molar-refractivity contribution is -0.114. The summed E-state index contributed by atoms with van der Waals surface area (Å²) in [6, 6.07) is 9.54. The Morgan fingerprint density at radius 1 is 1.04 bits per heavy atom. The highest BCUT2D eigenvalue weighted by Gasteiger charge is 2.14. The molecule has 2 aromatic carbocycles. The second kappa shape index (κ2) is 8.99. The topological polar surface area (TPSA) is 68.8 Å². The van der Waals surface area contributed by atoms with E-state index in [1.54, 1.807) is 33.5 Å². The summed E-state index contributed by atoms with van der Waals surface area (Å²) in [7, 11) is 4.66. The van der Waals surface area contributed by atoms with Gasteiger partial charge in [-0.1, -0.05) is 25.1 Å². The maximum atomic E-state index is 12.4. The van der Waals surface area contributed by atoms with Gasteiger partial charge in [0.15, 0.2) is 11.5 Å². The minimum absolute atomic E-state index is 0.121. The normalized spacial score (nSPS) is 10.2. The molecule has 1 amide bonds. The molecule has 0 aliphatic heterocycles. The third-order valence-electron chi connectivity index (χ3n) is 4.12. The largest absolute Gasteiger partial charge is 0.493 e. The highest BCUT2D eigenvalue weighted by atomic mass is 16.5. The van der Waals surface area contributed by atoms with Gasteiger partial charge < -0.3 is 24.8 Å². The highest BCUT2D eigenvalue weighted by Crippen LogP contribution is 2.39. The van der Waals surface area contributed by atoms with Crippen molar-refractivity contribution in [3.8, 4) is 17.2 Å². The number of rotatable bonds is 8. The Morgan fingerprint density at radius 2 is 1.69 bits per heavy atom. The van der Waals surface area contributed by atoms with Crippen LogP contribution in [0.1, 0.15) is 18.1 Å². The molecule has 0 saturated heterocycles. The van der Waals surface area contributed by atoms with Gasteiger partial charge in [-0.2, -0.15) is 0 Å². The molecule has 2 aromatic rings. The number of para-hydroxylation sites is 1. The van der Waals surface area contributed by atoms with Crippen LogP contribution in [0.2, 0.25) is 0 Å². The Morgan fingerprint density at radius 3 is 2.23 bits per heavy atom. The first-order valence-corrected chi connectivity index (χ1v) is 8.46. The average molecular weight is 358 g/mol. The Kier molecular flexibility index (Phi) is 6.72. The monoisotopic (exact) mass is 358 g/mol. The van der Waals surface area contributed by atoms with Crippen LogP contribution in [-0.2, 0) is 11.2 Å². The average Bonchev–Trinajstić information content (AvgIpc) is 2.66. The summed E-state index contributed by atoms with van der Waals surface area (Å²) in [5.41, 5.74) is 3.75. The van der Waals surface area contributed by atoms with Crippen LogP contribution in [0.5, 0.6) is 17.2 Å². The van der Waals surface area contributed by atoms with Gasteiger partial charge >= 0.3 is 0 Å². The number of nitrogens with one attached hydrogen (secondary N) is 2. The van der Waals surface area contributed by atoms with Crippen molar-refractivity contribution in [2.75, 3.05) is 38.5 Å².